The summed E-state index contributed by atoms with van der Waals surface area (Å²) < 4.78 is 7.49. The monoisotopic (exact) mass is 273 g/mol. The maximum Gasteiger partial charge on any atom is 0.187 e. The lowest BCUT2D eigenvalue weighted by molar-refractivity contribution is 0.341. The highest BCUT2D eigenvalue weighted by atomic mass is 16.5. The number of nitrogen functional groups attached to an aromatic ring is 1. The number of nitrogens with two attached hydrogens (primary N) is 1. The summed E-state index contributed by atoms with van der Waals surface area (Å²) in [5, 5.41) is 12.0. The fraction of sp³-hybridized carbons (Fsp3) is 0.500. The van der Waals surface area contributed by atoms with Gasteiger partial charge in [-0.25, -0.2) is 4.68 Å². The number of anilines is 1. The second-order valence-electron chi connectivity index (χ2n) is 5.31. The van der Waals surface area contributed by atoms with Crippen LogP contribution in [0.15, 0.2) is 18.2 Å². The molecule has 1 aromatic heterocycles. The Morgan fingerprint density at radius 1 is 1.45 bits per heavy atom. The van der Waals surface area contributed by atoms with Gasteiger partial charge in [0.2, 0.25) is 0 Å². The summed E-state index contributed by atoms with van der Waals surface area (Å²) >= 11 is 0. The van der Waals surface area contributed by atoms with Crippen LogP contribution in [0.1, 0.15) is 20.3 Å². The Kier molecular flexibility index (Phi) is 3.30. The number of benzene rings is 1. The van der Waals surface area contributed by atoms with Crippen molar-refractivity contribution in [1.82, 2.24) is 20.2 Å². The van der Waals surface area contributed by atoms with E-state index in [0.717, 1.165) is 23.8 Å². The maximum atomic E-state index is 6.10. The molecule has 0 amide bonds. The standard InChI is InChI=1S/C14H19N5O/c1-3-20-12-6-4-5-11(15)13(12)14-16-17-18-19(14)8-10-7-9(10)2/h4-6,9-10H,3,7-8,15H2,1-2H3. The molecule has 0 aliphatic heterocycles. The predicted molar refractivity (Wildman–Crippen MR) is 76.1 cm³/mol. The molecule has 0 bridgehead atoms. The van der Waals surface area contributed by atoms with Crippen LogP contribution in [0.25, 0.3) is 11.4 Å². The molecule has 3 rings (SSSR count). The van der Waals surface area contributed by atoms with Crippen molar-refractivity contribution in [2.45, 2.75) is 26.8 Å². The summed E-state index contributed by atoms with van der Waals surface area (Å²) in [5.41, 5.74) is 7.52. The third-order valence-electron chi connectivity index (χ3n) is 3.80. The smallest absolute Gasteiger partial charge is 0.187 e. The Balaban J connectivity index is 1.98. The number of tetrazole rings is 1. The number of rotatable bonds is 5. The summed E-state index contributed by atoms with van der Waals surface area (Å²) in [6.07, 6.45) is 1.24. The summed E-state index contributed by atoms with van der Waals surface area (Å²) in [6, 6.07) is 5.62. The summed E-state index contributed by atoms with van der Waals surface area (Å²) in [5.74, 6) is 2.84. The van der Waals surface area contributed by atoms with Crippen LogP contribution in [0.4, 0.5) is 5.69 Å². The van der Waals surface area contributed by atoms with E-state index in [1.54, 1.807) is 0 Å². The minimum absolute atomic E-state index is 0.581. The van der Waals surface area contributed by atoms with Gasteiger partial charge in [-0.15, -0.1) is 5.10 Å². The molecule has 1 aliphatic rings. The van der Waals surface area contributed by atoms with Gasteiger partial charge in [0.05, 0.1) is 12.2 Å². The molecule has 1 aliphatic carbocycles. The Bertz CT molecular complexity index is 609. The fourth-order valence-corrected chi connectivity index (χ4v) is 2.45. The van der Waals surface area contributed by atoms with Crippen molar-refractivity contribution >= 4 is 5.69 Å². The molecule has 1 saturated carbocycles. The number of hydrogen-bond acceptors (Lipinski definition) is 5. The van der Waals surface area contributed by atoms with Crippen LogP contribution >= 0.6 is 0 Å². The molecule has 2 unspecified atom stereocenters. The van der Waals surface area contributed by atoms with Crippen LogP contribution in [0.2, 0.25) is 0 Å². The van der Waals surface area contributed by atoms with Crippen LogP contribution in [0.3, 0.4) is 0 Å². The van der Waals surface area contributed by atoms with Gasteiger partial charge in [0.15, 0.2) is 5.82 Å². The van der Waals surface area contributed by atoms with Gasteiger partial charge < -0.3 is 10.5 Å². The first-order valence-electron chi connectivity index (χ1n) is 6.98. The number of nitrogens with zero attached hydrogens (tertiary/aromatic N) is 4. The number of ether oxygens (including phenoxy) is 1. The lowest BCUT2D eigenvalue weighted by Gasteiger charge is -2.12. The first-order chi connectivity index (χ1) is 9.70. The minimum Gasteiger partial charge on any atom is -0.493 e. The van der Waals surface area contributed by atoms with Crippen molar-refractivity contribution in [1.29, 1.82) is 0 Å². The van der Waals surface area contributed by atoms with Gasteiger partial charge in [-0.05, 0) is 47.7 Å². The molecular formula is C14H19N5O. The lowest BCUT2D eigenvalue weighted by Crippen LogP contribution is -2.07. The second kappa shape index (κ2) is 5.11. The maximum absolute atomic E-state index is 6.10. The Labute approximate surface area is 117 Å². The molecule has 1 fully saturated rings. The molecule has 20 heavy (non-hydrogen) atoms. The summed E-state index contributed by atoms with van der Waals surface area (Å²) in [6.45, 7) is 5.61. The van der Waals surface area contributed by atoms with Gasteiger partial charge in [-0.1, -0.05) is 13.0 Å². The topological polar surface area (TPSA) is 78.8 Å². The Morgan fingerprint density at radius 3 is 2.95 bits per heavy atom. The van der Waals surface area contributed by atoms with E-state index in [4.69, 9.17) is 10.5 Å². The van der Waals surface area contributed by atoms with Crippen molar-refractivity contribution in [3.8, 4) is 17.1 Å². The molecule has 6 nitrogen and oxygen atoms in total. The summed E-state index contributed by atoms with van der Waals surface area (Å²) in [4.78, 5) is 0. The van der Waals surface area contributed by atoms with Crippen molar-refractivity contribution < 1.29 is 4.74 Å². The highest BCUT2D eigenvalue weighted by Crippen LogP contribution is 2.40. The highest BCUT2D eigenvalue weighted by Gasteiger charge is 2.34. The lowest BCUT2D eigenvalue weighted by atomic mass is 10.1. The van der Waals surface area contributed by atoms with E-state index in [-0.39, 0.29) is 0 Å². The quantitative estimate of drug-likeness (QED) is 0.843. The van der Waals surface area contributed by atoms with Crippen LogP contribution in [-0.4, -0.2) is 26.8 Å². The average Bonchev–Trinajstić information content (AvgIpc) is 2.93. The second-order valence-corrected chi connectivity index (χ2v) is 5.31. The largest absolute Gasteiger partial charge is 0.493 e. The van der Waals surface area contributed by atoms with E-state index < -0.39 is 0 Å². The third-order valence-corrected chi connectivity index (χ3v) is 3.80. The van der Waals surface area contributed by atoms with E-state index in [1.165, 1.54) is 6.42 Å². The number of aromatic nitrogens is 4. The predicted octanol–water partition coefficient (Wildman–Crippen LogP) is 1.98. The summed E-state index contributed by atoms with van der Waals surface area (Å²) in [7, 11) is 0. The van der Waals surface area contributed by atoms with Gasteiger partial charge in [0, 0.05) is 12.2 Å². The molecule has 2 atom stereocenters. The molecule has 1 heterocycles. The van der Waals surface area contributed by atoms with Crippen molar-refractivity contribution in [3.63, 3.8) is 0 Å². The zero-order valence-corrected chi connectivity index (χ0v) is 11.8. The molecular weight excluding hydrogens is 254 g/mol. The average molecular weight is 273 g/mol. The van der Waals surface area contributed by atoms with Gasteiger partial charge in [0.25, 0.3) is 0 Å². The van der Waals surface area contributed by atoms with E-state index in [2.05, 4.69) is 22.4 Å². The molecule has 2 aromatic rings. The van der Waals surface area contributed by atoms with Crippen LogP contribution in [0, 0.1) is 11.8 Å². The highest BCUT2D eigenvalue weighted by molar-refractivity contribution is 5.77. The first kappa shape index (κ1) is 12.9. The zero-order chi connectivity index (χ0) is 14.1. The number of hydrogen-bond donors (Lipinski definition) is 1. The minimum atomic E-state index is 0.581. The van der Waals surface area contributed by atoms with Crippen LogP contribution in [0.5, 0.6) is 5.75 Å². The van der Waals surface area contributed by atoms with Crippen molar-refractivity contribution in [3.05, 3.63) is 18.2 Å². The zero-order valence-electron chi connectivity index (χ0n) is 11.8. The Morgan fingerprint density at radius 2 is 2.25 bits per heavy atom. The molecule has 0 radical (unpaired) electrons. The van der Waals surface area contributed by atoms with E-state index >= 15 is 0 Å². The van der Waals surface area contributed by atoms with Gasteiger partial charge in [-0.3, -0.25) is 0 Å². The fourth-order valence-electron chi connectivity index (χ4n) is 2.45. The molecule has 2 N–H and O–H groups in total. The molecule has 1 aromatic carbocycles. The van der Waals surface area contributed by atoms with Gasteiger partial charge in [-0.2, -0.15) is 0 Å². The SMILES string of the molecule is CCOc1cccc(N)c1-c1nnnn1CC1CC1C. The van der Waals surface area contributed by atoms with Crippen molar-refractivity contribution in [2.24, 2.45) is 11.8 Å². The van der Waals surface area contributed by atoms with Crippen LogP contribution in [-0.2, 0) is 6.54 Å². The Hall–Kier alpha value is -2.11. The first-order valence-corrected chi connectivity index (χ1v) is 6.98. The van der Waals surface area contributed by atoms with Gasteiger partial charge in [0.1, 0.15) is 5.75 Å². The molecule has 6 heteroatoms. The van der Waals surface area contributed by atoms with Crippen LogP contribution < -0.4 is 10.5 Å². The van der Waals surface area contributed by atoms with E-state index in [0.29, 0.717) is 24.0 Å². The molecule has 0 saturated heterocycles. The van der Waals surface area contributed by atoms with Crippen molar-refractivity contribution in [2.75, 3.05) is 12.3 Å². The third kappa shape index (κ3) is 2.33. The van der Waals surface area contributed by atoms with E-state index in [9.17, 15) is 0 Å². The van der Waals surface area contributed by atoms with E-state index in [1.807, 2.05) is 29.8 Å². The van der Waals surface area contributed by atoms with Gasteiger partial charge >= 0.3 is 0 Å². The normalized spacial score (nSPS) is 20.9. The molecule has 106 valence electrons. The molecule has 0 spiro atoms.